The molecule has 0 aliphatic rings. The van der Waals surface area contributed by atoms with Crippen molar-refractivity contribution in [3.8, 4) is 0 Å². The van der Waals surface area contributed by atoms with E-state index in [0.717, 1.165) is 5.82 Å². The first-order valence-electron chi connectivity index (χ1n) is 5.44. The Morgan fingerprint density at radius 1 is 1.44 bits per heavy atom. The molecule has 2 atom stereocenters. The molecule has 1 aromatic heterocycles. The SMILES string of the molecule is CC(O)CC(C)Nc1ccnc(N(C)C)n1. The van der Waals surface area contributed by atoms with Gasteiger partial charge in [-0.2, -0.15) is 4.98 Å². The molecule has 0 fully saturated rings. The average molecular weight is 224 g/mol. The van der Waals surface area contributed by atoms with Gasteiger partial charge in [0.2, 0.25) is 5.95 Å². The molecule has 2 N–H and O–H groups in total. The fourth-order valence-corrected chi connectivity index (χ4v) is 1.47. The number of anilines is 2. The molecule has 0 amide bonds. The summed E-state index contributed by atoms with van der Waals surface area (Å²) in [6.45, 7) is 3.80. The molecule has 0 aromatic carbocycles. The highest BCUT2D eigenvalue weighted by Gasteiger charge is 2.07. The molecule has 1 aromatic rings. The molecule has 0 radical (unpaired) electrons. The maximum absolute atomic E-state index is 9.26. The van der Waals surface area contributed by atoms with Crippen LogP contribution in [0.5, 0.6) is 0 Å². The molecule has 2 unspecified atom stereocenters. The number of hydrogen-bond acceptors (Lipinski definition) is 5. The van der Waals surface area contributed by atoms with Crippen LogP contribution in [-0.4, -0.2) is 41.3 Å². The third kappa shape index (κ3) is 4.02. The van der Waals surface area contributed by atoms with Gasteiger partial charge in [-0.25, -0.2) is 4.98 Å². The van der Waals surface area contributed by atoms with E-state index in [1.165, 1.54) is 0 Å². The van der Waals surface area contributed by atoms with Gasteiger partial charge in [-0.1, -0.05) is 0 Å². The fraction of sp³-hybridized carbons (Fsp3) is 0.636. The van der Waals surface area contributed by atoms with Gasteiger partial charge < -0.3 is 15.3 Å². The Morgan fingerprint density at radius 3 is 2.69 bits per heavy atom. The second-order valence-corrected chi connectivity index (χ2v) is 4.27. The van der Waals surface area contributed by atoms with Gasteiger partial charge in [0.05, 0.1) is 6.10 Å². The first kappa shape index (κ1) is 12.7. The van der Waals surface area contributed by atoms with Gasteiger partial charge in [-0.15, -0.1) is 0 Å². The first-order chi connectivity index (χ1) is 7.49. The van der Waals surface area contributed by atoms with E-state index < -0.39 is 0 Å². The molecular formula is C11H20N4O. The molecule has 1 rings (SSSR count). The Bertz CT molecular complexity index is 328. The van der Waals surface area contributed by atoms with Crippen molar-refractivity contribution in [2.45, 2.75) is 32.4 Å². The minimum Gasteiger partial charge on any atom is -0.393 e. The van der Waals surface area contributed by atoms with Crippen LogP contribution in [0.25, 0.3) is 0 Å². The van der Waals surface area contributed by atoms with E-state index in [4.69, 9.17) is 0 Å². The summed E-state index contributed by atoms with van der Waals surface area (Å²) in [6.07, 6.45) is 2.11. The third-order valence-electron chi connectivity index (χ3n) is 2.13. The lowest BCUT2D eigenvalue weighted by Gasteiger charge is -2.17. The van der Waals surface area contributed by atoms with Crippen molar-refractivity contribution in [2.24, 2.45) is 0 Å². The van der Waals surface area contributed by atoms with E-state index in [1.54, 1.807) is 13.1 Å². The minimum absolute atomic E-state index is 0.185. The largest absolute Gasteiger partial charge is 0.393 e. The summed E-state index contributed by atoms with van der Waals surface area (Å²) < 4.78 is 0. The van der Waals surface area contributed by atoms with Crippen LogP contribution in [0.1, 0.15) is 20.3 Å². The summed E-state index contributed by atoms with van der Waals surface area (Å²) in [6, 6.07) is 2.01. The number of rotatable bonds is 5. The van der Waals surface area contributed by atoms with E-state index in [1.807, 2.05) is 32.0 Å². The zero-order valence-electron chi connectivity index (χ0n) is 10.3. The third-order valence-corrected chi connectivity index (χ3v) is 2.13. The lowest BCUT2D eigenvalue weighted by molar-refractivity contribution is 0.179. The van der Waals surface area contributed by atoms with Crippen LogP contribution in [0.4, 0.5) is 11.8 Å². The number of aromatic nitrogens is 2. The maximum Gasteiger partial charge on any atom is 0.226 e. The van der Waals surface area contributed by atoms with Crippen LogP contribution < -0.4 is 10.2 Å². The number of hydrogen-bond donors (Lipinski definition) is 2. The molecule has 5 heteroatoms. The van der Waals surface area contributed by atoms with E-state index >= 15 is 0 Å². The van der Waals surface area contributed by atoms with Gasteiger partial charge >= 0.3 is 0 Å². The molecule has 0 bridgehead atoms. The highest BCUT2D eigenvalue weighted by atomic mass is 16.3. The second kappa shape index (κ2) is 5.65. The van der Waals surface area contributed by atoms with Crippen molar-refractivity contribution < 1.29 is 5.11 Å². The van der Waals surface area contributed by atoms with Gasteiger partial charge in [0, 0.05) is 26.3 Å². The summed E-state index contributed by atoms with van der Waals surface area (Å²) >= 11 is 0. The van der Waals surface area contributed by atoms with Crippen molar-refractivity contribution in [3.63, 3.8) is 0 Å². The summed E-state index contributed by atoms with van der Waals surface area (Å²) in [7, 11) is 3.80. The molecular weight excluding hydrogens is 204 g/mol. The van der Waals surface area contributed by atoms with Crippen LogP contribution in [-0.2, 0) is 0 Å². The molecule has 5 nitrogen and oxygen atoms in total. The predicted molar refractivity (Wildman–Crippen MR) is 65.7 cm³/mol. The van der Waals surface area contributed by atoms with Gasteiger partial charge in [-0.3, -0.25) is 0 Å². The molecule has 0 saturated heterocycles. The molecule has 16 heavy (non-hydrogen) atoms. The zero-order chi connectivity index (χ0) is 12.1. The Morgan fingerprint density at radius 2 is 2.12 bits per heavy atom. The zero-order valence-corrected chi connectivity index (χ0v) is 10.3. The molecule has 90 valence electrons. The maximum atomic E-state index is 9.26. The van der Waals surface area contributed by atoms with Crippen LogP contribution in [0.3, 0.4) is 0 Å². The quantitative estimate of drug-likeness (QED) is 0.784. The summed E-state index contributed by atoms with van der Waals surface area (Å²) in [5.41, 5.74) is 0. The van der Waals surface area contributed by atoms with E-state index in [-0.39, 0.29) is 12.1 Å². The van der Waals surface area contributed by atoms with Crippen LogP contribution in [0.2, 0.25) is 0 Å². The number of nitrogens with one attached hydrogen (secondary N) is 1. The molecule has 0 spiro atoms. The summed E-state index contributed by atoms with van der Waals surface area (Å²) in [4.78, 5) is 10.3. The summed E-state index contributed by atoms with van der Waals surface area (Å²) in [5.74, 6) is 1.46. The Balaban J connectivity index is 2.63. The van der Waals surface area contributed by atoms with E-state index in [0.29, 0.717) is 12.4 Å². The smallest absolute Gasteiger partial charge is 0.226 e. The summed E-state index contributed by atoms with van der Waals surface area (Å²) in [5, 5.41) is 12.5. The lowest BCUT2D eigenvalue weighted by atomic mass is 10.1. The van der Waals surface area contributed by atoms with Crippen molar-refractivity contribution >= 4 is 11.8 Å². The van der Waals surface area contributed by atoms with Crippen molar-refractivity contribution in [1.29, 1.82) is 0 Å². The number of aliphatic hydroxyl groups excluding tert-OH is 1. The van der Waals surface area contributed by atoms with E-state index in [2.05, 4.69) is 15.3 Å². The topological polar surface area (TPSA) is 61.3 Å². The lowest BCUT2D eigenvalue weighted by Crippen LogP contribution is -2.22. The second-order valence-electron chi connectivity index (χ2n) is 4.27. The van der Waals surface area contributed by atoms with Crippen molar-refractivity contribution in [1.82, 2.24) is 9.97 Å². The average Bonchev–Trinajstić information content (AvgIpc) is 2.16. The molecule has 0 aliphatic carbocycles. The van der Waals surface area contributed by atoms with Crippen LogP contribution in [0, 0.1) is 0 Å². The molecule has 0 saturated carbocycles. The standard InChI is InChI=1S/C11H20N4O/c1-8(7-9(2)16)13-10-5-6-12-11(14-10)15(3)4/h5-6,8-9,16H,7H2,1-4H3,(H,12,13,14). The van der Waals surface area contributed by atoms with Gasteiger partial charge in [0.25, 0.3) is 0 Å². The van der Waals surface area contributed by atoms with E-state index in [9.17, 15) is 5.11 Å². The van der Waals surface area contributed by atoms with Crippen molar-refractivity contribution in [2.75, 3.05) is 24.3 Å². The monoisotopic (exact) mass is 224 g/mol. The Hall–Kier alpha value is -1.36. The highest BCUT2D eigenvalue weighted by molar-refractivity contribution is 5.40. The predicted octanol–water partition coefficient (Wildman–Crippen LogP) is 1.11. The minimum atomic E-state index is -0.308. The molecule has 0 aliphatic heterocycles. The van der Waals surface area contributed by atoms with Crippen LogP contribution >= 0.6 is 0 Å². The Labute approximate surface area is 96.5 Å². The fourth-order valence-electron chi connectivity index (χ4n) is 1.47. The van der Waals surface area contributed by atoms with Crippen LogP contribution in [0.15, 0.2) is 12.3 Å². The van der Waals surface area contributed by atoms with Crippen molar-refractivity contribution in [3.05, 3.63) is 12.3 Å². The number of nitrogens with zero attached hydrogens (tertiary/aromatic N) is 3. The number of aliphatic hydroxyl groups is 1. The van der Waals surface area contributed by atoms with Gasteiger partial charge in [-0.05, 0) is 26.3 Å². The Kier molecular flexibility index (Phi) is 4.49. The first-order valence-corrected chi connectivity index (χ1v) is 5.44. The van der Waals surface area contributed by atoms with Gasteiger partial charge in [0.1, 0.15) is 5.82 Å². The molecule has 1 heterocycles. The normalized spacial score (nSPS) is 14.3. The van der Waals surface area contributed by atoms with Gasteiger partial charge in [0.15, 0.2) is 0 Å². The highest BCUT2D eigenvalue weighted by Crippen LogP contribution is 2.10.